The van der Waals surface area contributed by atoms with Crippen molar-refractivity contribution in [2.24, 2.45) is 31.8 Å². The summed E-state index contributed by atoms with van der Waals surface area (Å²) >= 11 is 0. The van der Waals surface area contributed by atoms with Gasteiger partial charge in [-0.2, -0.15) is 0 Å². The van der Waals surface area contributed by atoms with Crippen molar-refractivity contribution in [3.8, 4) is 0 Å². The van der Waals surface area contributed by atoms with Gasteiger partial charge in [0.2, 0.25) is 5.52 Å². The molecule has 0 aliphatic heterocycles. The summed E-state index contributed by atoms with van der Waals surface area (Å²) in [5, 5.41) is 5.18. The number of fused-ring (bicyclic) bond motifs is 3. The minimum Gasteiger partial charge on any atom is -0.456 e. The molecule has 3 heteroatoms. The summed E-state index contributed by atoms with van der Waals surface area (Å²) in [6.07, 6.45) is 13.0. The van der Waals surface area contributed by atoms with E-state index in [4.69, 9.17) is 4.42 Å². The fourth-order valence-electron chi connectivity index (χ4n) is 9.04. The first-order valence-corrected chi connectivity index (χ1v) is 13.1. The van der Waals surface area contributed by atoms with Gasteiger partial charge in [-0.05, 0) is 98.6 Å². The Kier molecular flexibility index (Phi) is 3.58. The Balaban J connectivity index is 1.49. The smallest absolute Gasteiger partial charge is 0.216 e. The molecule has 2 aromatic carbocycles. The van der Waals surface area contributed by atoms with Crippen molar-refractivity contribution in [3.63, 3.8) is 0 Å². The SMILES string of the molecule is Cc1c2cc[n+](C)c2c(C)c2c1oc1cc(C34CC5CC(CC(C5)C3)C4)cc3ccn(C)c2c31. The van der Waals surface area contributed by atoms with Crippen molar-refractivity contribution in [1.29, 1.82) is 0 Å². The van der Waals surface area contributed by atoms with E-state index < -0.39 is 0 Å². The van der Waals surface area contributed by atoms with E-state index in [1.165, 1.54) is 82.2 Å². The van der Waals surface area contributed by atoms with E-state index in [9.17, 15) is 0 Å². The summed E-state index contributed by atoms with van der Waals surface area (Å²) in [6.45, 7) is 4.49. The maximum atomic E-state index is 6.91. The number of aryl methyl sites for hydroxylation is 4. The minimum atomic E-state index is 0.371. The van der Waals surface area contributed by atoms with E-state index in [0.29, 0.717) is 5.41 Å². The molecule has 4 saturated carbocycles. The van der Waals surface area contributed by atoms with Crippen molar-refractivity contribution >= 4 is 43.7 Å². The maximum absolute atomic E-state index is 6.91. The number of aromatic nitrogens is 2. The third-order valence-electron chi connectivity index (χ3n) is 10.1. The van der Waals surface area contributed by atoms with Crippen molar-refractivity contribution in [3.05, 3.63) is 53.3 Å². The van der Waals surface area contributed by atoms with Gasteiger partial charge in [0.1, 0.15) is 18.2 Å². The minimum absolute atomic E-state index is 0.371. The average Bonchev–Trinajstić information content (AvgIpc) is 3.20. The Morgan fingerprint density at radius 3 is 2.35 bits per heavy atom. The van der Waals surface area contributed by atoms with Gasteiger partial charge in [-0.15, -0.1) is 0 Å². The lowest BCUT2D eigenvalue weighted by Crippen LogP contribution is -2.48. The predicted octanol–water partition coefficient (Wildman–Crippen LogP) is 7.14. The highest BCUT2D eigenvalue weighted by molar-refractivity contribution is 6.19. The Hall–Kier alpha value is -2.81. The number of nitrogens with zero attached hydrogens (tertiary/aromatic N) is 2. The molecule has 4 aliphatic rings. The standard InChI is InChI=1S/C31H33N2O/c1-17-24-6-8-32(3)28(24)18(2)26-29-27-22(5-7-33(29)4)12-23(13-25(27)34-30(17)26)31-14-19-9-20(15-31)11-21(10-19)16-31/h5-8,12-13,19-21H,9-11,14-16H2,1-4H3/q+1. The average molecular weight is 450 g/mol. The predicted molar refractivity (Wildman–Crippen MR) is 138 cm³/mol. The molecule has 0 saturated heterocycles. The Morgan fingerprint density at radius 2 is 1.65 bits per heavy atom. The lowest BCUT2D eigenvalue weighted by atomic mass is 9.48. The van der Waals surface area contributed by atoms with Crippen LogP contribution in [0.3, 0.4) is 0 Å². The quantitative estimate of drug-likeness (QED) is 0.151. The van der Waals surface area contributed by atoms with Crippen molar-refractivity contribution in [1.82, 2.24) is 4.57 Å². The van der Waals surface area contributed by atoms with Crippen molar-refractivity contribution < 1.29 is 8.98 Å². The van der Waals surface area contributed by atoms with Crippen molar-refractivity contribution in [2.75, 3.05) is 0 Å². The molecule has 4 bridgehead atoms. The first-order chi connectivity index (χ1) is 16.4. The van der Waals surface area contributed by atoms with Gasteiger partial charge < -0.3 is 8.98 Å². The van der Waals surface area contributed by atoms with Crippen LogP contribution in [0.1, 0.15) is 55.2 Å². The van der Waals surface area contributed by atoms with E-state index in [-0.39, 0.29) is 0 Å². The van der Waals surface area contributed by atoms with Gasteiger partial charge in [0.25, 0.3) is 0 Å². The molecule has 172 valence electrons. The first kappa shape index (κ1) is 19.5. The normalized spacial score (nSPS) is 28.3. The summed E-state index contributed by atoms with van der Waals surface area (Å²) in [6, 6.07) is 9.53. The number of rotatable bonds is 1. The van der Waals surface area contributed by atoms with Gasteiger partial charge in [0.15, 0.2) is 6.20 Å². The summed E-state index contributed by atoms with van der Waals surface area (Å²) in [5.41, 5.74) is 9.21. The van der Waals surface area contributed by atoms with E-state index in [1.54, 1.807) is 5.56 Å². The fraction of sp³-hybridized carbons (Fsp3) is 0.452. The number of hydrogen-bond acceptors (Lipinski definition) is 1. The third-order valence-corrected chi connectivity index (χ3v) is 10.1. The van der Waals surface area contributed by atoms with Crippen LogP contribution in [0.4, 0.5) is 0 Å². The van der Waals surface area contributed by atoms with Gasteiger partial charge in [-0.1, -0.05) is 6.07 Å². The molecular weight excluding hydrogens is 416 g/mol. The van der Waals surface area contributed by atoms with Gasteiger partial charge in [-0.3, -0.25) is 0 Å². The lowest BCUT2D eigenvalue weighted by molar-refractivity contribution is -0.642. The highest BCUT2D eigenvalue weighted by Crippen LogP contribution is 2.61. The van der Waals surface area contributed by atoms with E-state index in [2.05, 4.69) is 73.7 Å². The molecule has 9 rings (SSSR count). The Labute approximate surface area is 200 Å². The molecular formula is C31H33N2O+. The van der Waals surface area contributed by atoms with Crippen LogP contribution in [-0.2, 0) is 19.5 Å². The molecule has 0 atom stereocenters. The van der Waals surface area contributed by atoms with Crippen LogP contribution in [-0.4, -0.2) is 4.57 Å². The molecule has 3 aromatic heterocycles. The molecule has 3 heterocycles. The second-order valence-corrected chi connectivity index (χ2v) is 12.2. The van der Waals surface area contributed by atoms with Crippen LogP contribution in [0.2, 0.25) is 0 Å². The van der Waals surface area contributed by atoms with Crippen LogP contribution < -0.4 is 4.57 Å². The summed E-state index contributed by atoms with van der Waals surface area (Å²) in [7, 11) is 4.34. The van der Waals surface area contributed by atoms with E-state index >= 15 is 0 Å². The van der Waals surface area contributed by atoms with Crippen LogP contribution in [0.5, 0.6) is 0 Å². The molecule has 34 heavy (non-hydrogen) atoms. The van der Waals surface area contributed by atoms with Gasteiger partial charge >= 0.3 is 0 Å². The van der Waals surface area contributed by atoms with E-state index in [0.717, 1.165) is 28.9 Å². The fourth-order valence-corrected chi connectivity index (χ4v) is 9.04. The lowest BCUT2D eigenvalue weighted by Gasteiger charge is -2.57. The molecule has 0 spiro atoms. The third kappa shape index (κ3) is 2.31. The van der Waals surface area contributed by atoms with Crippen LogP contribution in [0.15, 0.2) is 41.1 Å². The molecule has 3 nitrogen and oxygen atoms in total. The second-order valence-electron chi connectivity index (χ2n) is 12.2. The highest BCUT2D eigenvalue weighted by Gasteiger charge is 2.51. The zero-order valence-electron chi connectivity index (χ0n) is 20.7. The number of benzene rings is 2. The monoisotopic (exact) mass is 449 g/mol. The van der Waals surface area contributed by atoms with Gasteiger partial charge in [0, 0.05) is 35.8 Å². The molecule has 4 aliphatic carbocycles. The Morgan fingerprint density at radius 1 is 0.941 bits per heavy atom. The summed E-state index contributed by atoms with van der Waals surface area (Å²) in [5.74, 6) is 2.83. The van der Waals surface area contributed by atoms with Gasteiger partial charge in [0.05, 0.1) is 16.3 Å². The first-order valence-electron chi connectivity index (χ1n) is 13.1. The zero-order chi connectivity index (χ0) is 22.9. The van der Waals surface area contributed by atoms with E-state index in [1.807, 2.05) is 0 Å². The van der Waals surface area contributed by atoms with Crippen LogP contribution in [0.25, 0.3) is 43.7 Å². The molecule has 0 N–H and O–H groups in total. The van der Waals surface area contributed by atoms with Crippen LogP contribution >= 0.6 is 0 Å². The summed E-state index contributed by atoms with van der Waals surface area (Å²) < 4.78 is 11.5. The molecule has 4 fully saturated rings. The Bertz CT molecular complexity index is 1650. The van der Waals surface area contributed by atoms with Crippen molar-refractivity contribution in [2.45, 2.75) is 57.8 Å². The molecule has 0 unspecified atom stereocenters. The van der Waals surface area contributed by atoms with Crippen LogP contribution in [0, 0.1) is 31.6 Å². The topological polar surface area (TPSA) is 21.9 Å². The second kappa shape index (κ2) is 6.24. The summed E-state index contributed by atoms with van der Waals surface area (Å²) in [4.78, 5) is 0. The molecule has 0 radical (unpaired) electrons. The molecule has 0 amide bonds. The molecule has 5 aromatic rings. The zero-order valence-corrected chi connectivity index (χ0v) is 20.7. The van der Waals surface area contributed by atoms with Gasteiger partial charge in [-0.25, -0.2) is 4.57 Å². The largest absolute Gasteiger partial charge is 0.456 e. The number of pyridine rings is 1. The highest BCUT2D eigenvalue weighted by atomic mass is 16.3. The number of hydrogen-bond donors (Lipinski definition) is 0. The maximum Gasteiger partial charge on any atom is 0.216 e.